The van der Waals surface area contributed by atoms with Crippen LogP contribution in [0.25, 0.3) is 0 Å². The zero-order valence-corrected chi connectivity index (χ0v) is 18.0. The predicted octanol–water partition coefficient (Wildman–Crippen LogP) is 2.00. The van der Waals surface area contributed by atoms with Gasteiger partial charge in [0.1, 0.15) is 11.4 Å². The molecule has 0 spiro atoms. The van der Waals surface area contributed by atoms with Crippen molar-refractivity contribution in [3.05, 3.63) is 49.2 Å². The molecule has 4 rings (SSSR count). The Morgan fingerprint density at radius 2 is 1.70 bits per heavy atom. The zero-order valence-electron chi connectivity index (χ0n) is 17.2. The van der Waals surface area contributed by atoms with Crippen molar-refractivity contribution < 1.29 is 4.79 Å². The van der Waals surface area contributed by atoms with Gasteiger partial charge in [0.05, 0.1) is 0 Å². The van der Waals surface area contributed by atoms with Crippen molar-refractivity contribution in [3.63, 3.8) is 0 Å². The van der Waals surface area contributed by atoms with Crippen LogP contribution in [0, 0.1) is 6.92 Å². The second kappa shape index (κ2) is 8.68. The third-order valence-electron chi connectivity index (χ3n) is 6.09. The van der Waals surface area contributed by atoms with Crippen LogP contribution in [-0.2, 0) is 4.79 Å². The van der Waals surface area contributed by atoms with Crippen LogP contribution >= 0.6 is 11.6 Å². The Hall–Kier alpha value is -2.54. The molecule has 2 aromatic carbocycles. The second-order valence-corrected chi connectivity index (χ2v) is 8.49. The lowest BCUT2D eigenvalue weighted by Gasteiger charge is -2.37. The highest BCUT2D eigenvalue weighted by Crippen LogP contribution is 2.26. The summed E-state index contributed by atoms with van der Waals surface area (Å²) in [4.78, 5) is 42.5. The first kappa shape index (κ1) is 20.7. The van der Waals surface area contributed by atoms with E-state index in [0.717, 1.165) is 44.7 Å². The number of rotatable bonds is 6. The molecular formula is C22H27ClN4O3. The molecule has 160 valence electrons. The number of nitrogens with zero attached hydrogens (tertiary/aromatic N) is 3. The maximum atomic E-state index is 12.6. The van der Waals surface area contributed by atoms with Crippen molar-refractivity contribution in [2.75, 3.05) is 60.9 Å². The van der Waals surface area contributed by atoms with Crippen molar-refractivity contribution >= 4 is 34.6 Å². The zero-order chi connectivity index (χ0) is 21.3. The Kier molecular flexibility index (Phi) is 5.99. The van der Waals surface area contributed by atoms with Gasteiger partial charge in [-0.1, -0.05) is 17.7 Å². The molecule has 0 aliphatic carbocycles. The van der Waals surface area contributed by atoms with Gasteiger partial charge >= 0.3 is 0 Å². The number of carbonyl (C=O) groups excluding carboxylic acids is 1. The molecule has 0 atom stereocenters. The third kappa shape index (κ3) is 4.03. The number of hydrogen-bond donors (Lipinski definition) is 1. The Labute approximate surface area is 180 Å². The molecule has 0 aromatic heterocycles. The van der Waals surface area contributed by atoms with Crippen molar-refractivity contribution in [2.24, 2.45) is 0 Å². The first-order valence-corrected chi connectivity index (χ1v) is 10.9. The molecule has 2 aliphatic heterocycles. The summed E-state index contributed by atoms with van der Waals surface area (Å²) in [5, 5.41) is 3.75. The average molecular weight is 431 g/mol. The number of nitrogens with one attached hydrogen (secondary N) is 1. The van der Waals surface area contributed by atoms with Gasteiger partial charge in [0.15, 0.2) is 0 Å². The fourth-order valence-electron chi connectivity index (χ4n) is 4.36. The van der Waals surface area contributed by atoms with Crippen molar-refractivity contribution in [2.45, 2.75) is 26.2 Å². The summed E-state index contributed by atoms with van der Waals surface area (Å²) in [6.45, 7) is 6.89. The van der Waals surface area contributed by atoms with Crippen LogP contribution in [0.5, 0.6) is 0 Å². The molecule has 1 amide bonds. The molecule has 30 heavy (non-hydrogen) atoms. The van der Waals surface area contributed by atoms with Gasteiger partial charge in [0.25, 0.3) is 10.9 Å². The summed E-state index contributed by atoms with van der Waals surface area (Å²) in [6, 6.07) is 5.87. The normalized spacial score (nSPS) is 17.1. The maximum absolute atomic E-state index is 12.6. The summed E-state index contributed by atoms with van der Waals surface area (Å²) < 4.78 is 0. The second-order valence-electron chi connectivity index (χ2n) is 8.05. The first-order valence-electron chi connectivity index (χ1n) is 10.6. The van der Waals surface area contributed by atoms with Crippen LogP contribution in [0.4, 0.5) is 17.1 Å². The van der Waals surface area contributed by atoms with Gasteiger partial charge in [0.2, 0.25) is 5.91 Å². The molecule has 2 aliphatic rings. The molecule has 1 N–H and O–H groups in total. The van der Waals surface area contributed by atoms with Gasteiger partial charge in [-0.2, -0.15) is 0 Å². The molecule has 2 heterocycles. The number of amides is 1. The largest absolute Gasteiger partial charge is 0.379 e. The predicted molar refractivity (Wildman–Crippen MR) is 121 cm³/mol. The molecule has 2 aromatic rings. The molecular weight excluding hydrogens is 404 g/mol. The highest BCUT2D eigenvalue weighted by atomic mass is 35.5. The minimum Gasteiger partial charge on any atom is -0.379 e. The summed E-state index contributed by atoms with van der Waals surface area (Å²) in [6.07, 6.45) is 2.38. The van der Waals surface area contributed by atoms with Crippen LogP contribution in [-0.4, -0.2) is 56.6 Å². The highest BCUT2D eigenvalue weighted by molar-refractivity contribution is 6.30. The Morgan fingerprint density at radius 1 is 1.00 bits per heavy atom. The summed E-state index contributed by atoms with van der Waals surface area (Å²) in [7, 11) is 0. The van der Waals surface area contributed by atoms with Gasteiger partial charge in [-0.25, -0.2) is 0 Å². The van der Waals surface area contributed by atoms with E-state index in [0.29, 0.717) is 42.5 Å². The SMILES string of the molecule is Cc1ccc(Cl)cc1N1CCN(C(=O)CCNc2c(N3CCCC3)c(=O)c2=O)CC1. The number of halogens is 1. The third-order valence-corrected chi connectivity index (χ3v) is 6.33. The van der Waals surface area contributed by atoms with E-state index < -0.39 is 10.9 Å². The summed E-state index contributed by atoms with van der Waals surface area (Å²) in [5.41, 5.74) is 2.32. The molecule has 0 saturated carbocycles. The number of anilines is 3. The topological polar surface area (TPSA) is 73.0 Å². The molecule has 2 fully saturated rings. The number of carbonyl (C=O) groups is 1. The van der Waals surface area contributed by atoms with Crippen molar-refractivity contribution in [1.29, 1.82) is 0 Å². The minimum absolute atomic E-state index is 0.0615. The molecule has 2 saturated heterocycles. The number of hydrogen-bond acceptors (Lipinski definition) is 6. The first-order chi connectivity index (χ1) is 14.5. The quantitative estimate of drug-likeness (QED) is 0.707. The number of piperazine rings is 1. The van der Waals surface area contributed by atoms with Crippen molar-refractivity contribution in [3.8, 4) is 0 Å². The highest BCUT2D eigenvalue weighted by Gasteiger charge is 2.28. The molecule has 7 nitrogen and oxygen atoms in total. The fourth-order valence-corrected chi connectivity index (χ4v) is 4.52. The van der Waals surface area contributed by atoms with Crippen LogP contribution in [0.3, 0.4) is 0 Å². The van der Waals surface area contributed by atoms with E-state index in [1.165, 1.54) is 5.56 Å². The van der Waals surface area contributed by atoms with Gasteiger partial charge in [-0.15, -0.1) is 0 Å². The average Bonchev–Trinajstić information content (AvgIpc) is 3.28. The molecule has 8 heteroatoms. The monoisotopic (exact) mass is 430 g/mol. The molecule has 0 unspecified atom stereocenters. The van der Waals surface area contributed by atoms with E-state index in [4.69, 9.17) is 11.6 Å². The van der Waals surface area contributed by atoms with Gasteiger partial charge < -0.3 is 20.0 Å². The minimum atomic E-state index is -0.463. The lowest BCUT2D eigenvalue weighted by Crippen LogP contribution is -2.49. The van der Waals surface area contributed by atoms with Gasteiger partial charge in [-0.05, 0) is 37.5 Å². The molecule has 0 bridgehead atoms. The van der Waals surface area contributed by atoms with E-state index in [-0.39, 0.29) is 5.91 Å². The standard InChI is InChI=1S/C22H27ClN4O3/c1-15-4-5-16(23)14-17(15)25-10-12-26(13-11-25)18(28)6-7-24-19-20(22(30)21(19)29)27-8-2-3-9-27/h4-5,14,24H,2-3,6-13H2,1H3. The fraction of sp³-hybridized carbons (Fsp3) is 0.500. The Bertz CT molecular complexity index is 1000. The smallest absolute Gasteiger partial charge is 0.253 e. The van der Waals surface area contributed by atoms with Crippen LogP contribution < -0.4 is 26.0 Å². The Balaban J connectivity index is 1.27. The van der Waals surface area contributed by atoms with E-state index in [9.17, 15) is 14.4 Å². The van der Waals surface area contributed by atoms with E-state index in [1.807, 2.05) is 28.0 Å². The lowest BCUT2D eigenvalue weighted by molar-refractivity contribution is -0.131. The van der Waals surface area contributed by atoms with E-state index >= 15 is 0 Å². The Morgan fingerprint density at radius 3 is 2.40 bits per heavy atom. The number of aryl methyl sites for hydroxylation is 1. The van der Waals surface area contributed by atoms with Crippen LogP contribution in [0.15, 0.2) is 27.8 Å². The summed E-state index contributed by atoms with van der Waals surface area (Å²) >= 11 is 6.14. The number of benzene rings is 1. The lowest BCUT2D eigenvalue weighted by atomic mass is 10.1. The van der Waals surface area contributed by atoms with E-state index in [1.54, 1.807) is 0 Å². The van der Waals surface area contributed by atoms with Crippen LogP contribution in [0.1, 0.15) is 24.8 Å². The molecule has 0 radical (unpaired) electrons. The summed E-state index contributed by atoms with van der Waals surface area (Å²) in [5.74, 6) is 0.0615. The van der Waals surface area contributed by atoms with E-state index in [2.05, 4.69) is 17.1 Å². The van der Waals surface area contributed by atoms with Crippen molar-refractivity contribution in [1.82, 2.24) is 4.90 Å². The maximum Gasteiger partial charge on any atom is 0.253 e. The van der Waals surface area contributed by atoms with Gasteiger partial charge in [-0.3, -0.25) is 14.4 Å². The van der Waals surface area contributed by atoms with Gasteiger partial charge in [0, 0.05) is 62.9 Å². The van der Waals surface area contributed by atoms with Crippen LogP contribution in [0.2, 0.25) is 5.02 Å².